The summed E-state index contributed by atoms with van der Waals surface area (Å²) in [7, 11) is 0. The van der Waals surface area contributed by atoms with Crippen molar-refractivity contribution in [3.63, 3.8) is 0 Å². The fraction of sp³-hybridized carbons (Fsp3) is 0.586. The molecular weight excluding hydrogens is 473 g/mol. The number of nitrogens with zero attached hydrogens (tertiary/aromatic N) is 2. The lowest BCUT2D eigenvalue weighted by molar-refractivity contribution is -0.143. The molecule has 37 heavy (non-hydrogen) atoms. The zero-order valence-electron chi connectivity index (χ0n) is 21.5. The maximum absolute atomic E-state index is 14.3. The summed E-state index contributed by atoms with van der Waals surface area (Å²) >= 11 is 0. The molecule has 4 heterocycles. The molecule has 3 aliphatic rings. The summed E-state index contributed by atoms with van der Waals surface area (Å²) < 4.78 is 26.3. The maximum Gasteiger partial charge on any atom is 0.325 e. The Morgan fingerprint density at radius 3 is 2.97 bits per heavy atom. The van der Waals surface area contributed by atoms with E-state index in [1.807, 2.05) is 4.90 Å². The van der Waals surface area contributed by atoms with E-state index in [9.17, 15) is 14.3 Å². The van der Waals surface area contributed by atoms with Crippen LogP contribution in [0, 0.1) is 5.82 Å². The Balaban J connectivity index is 1.13. The van der Waals surface area contributed by atoms with Gasteiger partial charge in [-0.3, -0.25) is 9.69 Å². The van der Waals surface area contributed by atoms with Crippen LogP contribution in [0.1, 0.15) is 79.5 Å². The number of benzene rings is 1. The molecule has 0 radical (unpaired) electrons. The lowest BCUT2D eigenvalue weighted by atomic mass is 9.92. The van der Waals surface area contributed by atoms with Gasteiger partial charge in [0.2, 0.25) is 0 Å². The van der Waals surface area contributed by atoms with Gasteiger partial charge in [0.05, 0.1) is 12.2 Å². The summed E-state index contributed by atoms with van der Waals surface area (Å²) in [6, 6.07) is 7.90. The van der Waals surface area contributed by atoms with Crippen LogP contribution in [0.2, 0.25) is 0 Å². The highest BCUT2D eigenvalue weighted by Crippen LogP contribution is 2.36. The zero-order valence-corrected chi connectivity index (χ0v) is 21.5. The number of pyridine rings is 1. The normalized spacial score (nSPS) is 22.8. The van der Waals surface area contributed by atoms with Crippen LogP contribution in [0.25, 0.3) is 0 Å². The van der Waals surface area contributed by atoms with Gasteiger partial charge in [-0.05, 0) is 92.7 Å². The van der Waals surface area contributed by atoms with Crippen LogP contribution in [0.4, 0.5) is 10.2 Å². The van der Waals surface area contributed by atoms with Crippen LogP contribution in [0.15, 0.2) is 30.3 Å². The molecule has 2 N–H and O–H groups in total. The first-order chi connectivity index (χ1) is 18.1. The Hall–Kier alpha value is -2.55. The fourth-order valence-corrected chi connectivity index (χ4v) is 5.84. The van der Waals surface area contributed by atoms with Gasteiger partial charge in [0, 0.05) is 38.5 Å². The number of carboxylic acid groups (broad SMARTS) is 1. The van der Waals surface area contributed by atoms with Crippen molar-refractivity contribution >= 4 is 11.8 Å². The number of carboxylic acids is 1. The van der Waals surface area contributed by atoms with Crippen molar-refractivity contribution < 1.29 is 23.8 Å². The lowest BCUT2D eigenvalue weighted by Gasteiger charge is -2.30. The third-order valence-electron chi connectivity index (χ3n) is 7.78. The minimum Gasteiger partial charge on any atom is -0.480 e. The van der Waals surface area contributed by atoms with Crippen molar-refractivity contribution in [2.45, 2.75) is 76.0 Å². The first kappa shape index (κ1) is 26.1. The number of carbonyl (C=O) groups is 1. The van der Waals surface area contributed by atoms with E-state index in [0.717, 1.165) is 81.4 Å². The van der Waals surface area contributed by atoms with Crippen LogP contribution in [0.5, 0.6) is 0 Å². The minimum absolute atomic E-state index is 0.0177. The average Bonchev–Trinajstić information content (AvgIpc) is 3.37. The van der Waals surface area contributed by atoms with E-state index < -0.39 is 17.8 Å². The van der Waals surface area contributed by atoms with Gasteiger partial charge in [0.15, 0.2) is 0 Å². The lowest BCUT2D eigenvalue weighted by Crippen LogP contribution is -2.34. The Labute approximate surface area is 218 Å². The molecule has 8 heteroatoms. The highest BCUT2D eigenvalue weighted by Gasteiger charge is 2.36. The Morgan fingerprint density at radius 2 is 2.14 bits per heavy atom. The number of aryl methyl sites for hydroxylation is 2. The molecule has 7 nitrogen and oxygen atoms in total. The van der Waals surface area contributed by atoms with Crippen LogP contribution in [-0.2, 0) is 27.1 Å². The van der Waals surface area contributed by atoms with Crippen molar-refractivity contribution in [1.29, 1.82) is 0 Å². The second-order valence-electron chi connectivity index (χ2n) is 10.4. The predicted molar refractivity (Wildman–Crippen MR) is 139 cm³/mol. The van der Waals surface area contributed by atoms with E-state index >= 15 is 0 Å². The highest BCUT2D eigenvalue weighted by molar-refractivity contribution is 5.76. The summed E-state index contributed by atoms with van der Waals surface area (Å²) in [4.78, 5) is 19.1. The molecule has 0 amide bonds. The van der Waals surface area contributed by atoms with Crippen molar-refractivity contribution in [3.8, 4) is 0 Å². The predicted octanol–water partition coefficient (Wildman–Crippen LogP) is 5.06. The fourth-order valence-electron chi connectivity index (χ4n) is 5.84. The summed E-state index contributed by atoms with van der Waals surface area (Å²) in [5.41, 5.74) is 3.72. The molecule has 3 atom stereocenters. The van der Waals surface area contributed by atoms with Gasteiger partial charge in [0.25, 0.3) is 0 Å². The molecular formula is C29H38FN3O4. The van der Waals surface area contributed by atoms with E-state index in [2.05, 4.69) is 17.4 Å². The second-order valence-corrected chi connectivity index (χ2v) is 10.4. The molecule has 0 spiro atoms. The third kappa shape index (κ3) is 6.48. The molecule has 1 aromatic heterocycles. The molecule has 5 rings (SSSR count). The number of hydrogen-bond donors (Lipinski definition) is 2. The number of aromatic nitrogens is 1. The topological polar surface area (TPSA) is 83.9 Å². The number of hydrogen-bond acceptors (Lipinski definition) is 6. The molecule has 2 unspecified atom stereocenters. The van der Waals surface area contributed by atoms with Crippen LogP contribution in [-0.4, -0.2) is 59.9 Å². The summed E-state index contributed by atoms with van der Waals surface area (Å²) in [5, 5.41) is 13.5. The SMILES string of the molecule is O=C(O)[C@H](c1cc(F)ccc1C1CCCCO1)N1CCC(OCCCCc2ccc3c(n2)NCCC3)C1. The highest BCUT2D eigenvalue weighted by atomic mass is 19.1. The van der Waals surface area contributed by atoms with Gasteiger partial charge in [-0.25, -0.2) is 9.37 Å². The van der Waals surface area contributed by atoms with Gasteiger partial charge >= 0.3 is 5.97 Å². The number of fused-ring (bicyclic) bond motifs is 1. The van der Waals surface area contributed by atoms with Crippen LogP contribution >= 0.6 is 0 Å². The maximum atomic E-state index is 14.3. The first-order valence-electron chi connectivity index (χ1n) is 13.8. The molecule has 200 valence electrons. The minimum atomic E-state index is -0.963. The summed E-state index contributed by atoms with van der Waals surface area (Å²) in [5.74, 6) is -0.345. The van der Waals surface area contributed by atoms with Crippen molar-refractivity contribution in [1.82, 2.24) is 9.88 Å². The standard InChI is InChI=1S/C29H38FN3O4/c30-21-10-12-24(26-8-2-4-17-37-26)25(18-21)27(29(34)35)33-15-13-23(19-33)36-16-3-1-7-22-11-9-20-6-5-14-31-28(20)32-22/h9-12,18,23,26-27H,1-8,13-17,19H2,(H,31,32)(H,34,35)/t23?,26?,27-/m0/s1. The first-order valence-corrected chi connectivity index (χ1v) is 13.8. The number of anilines is 1. The molecule has 0 saturated carbocycles. The van der Waals surface area contributed by atoms with Crippen LogP contribution < -0.4 is 5.32 Å². The average molecular weight is 512 g/mol. The molecule has 2 fully saturated rings. The van der Waals surface area contributed by atoms with Gasteiger partial charge in [-0.1, -0.05) is 12.1 Å². The number of nitrogens with one attached hydrogen (secondary N) is 1. The van der Waals surface area contributed by atoms with Gasteiger partial charge in [-0.15, -0.1) is 0 Å². The monoisotopic (exact) mass is 511 g/mol. The summed E-state index contributed by atoms with van der Waals surface area (Å²) in [6.07, 6.45) is 8.53. The second kappa shape index (κ2) is 12.3. The van der Waals surface area contributed by atoms with Crippen molar-refractivity contribution in [2.75, 3.05) is 38.2 Å². The number of aliphatic carboxylic acids is 1. The van der Waals surface area contributed by atoms with Crippen molar-refractivity contribution in [3.05, 3.63) is 58.5 Å². The Kier molecular flexibility index (Phi) is 8.69. The van der Waals surface area contributed by atoms with Gasteiger partial charge in [-0.2, -0.15) is 0 Å². The Morgan fingerprint density at radius 1 is 1.22 bits per heavy atom. The number of unbranched alkanes of at least 4 members (excludes halogenated alkanes) is 1. The number of halogens is 1. The number of ether oxygens (including phenoxy) is 2. The Bertz CT molecular complexity index is 1080. The van der Waals surface area contributed by atoms with E-state index in [4.69, 9.17) is 14.5 Å². The molecule has 1 aromatic carbocycles. The number of likely N-dealkylation sites (tertiary alicyclic amines) is 1. The molecule has 0 aliphatic carbocycles. The molecule has 0 bridgehead atoms. The smallest absolute Gasteiger partial charge is 0.325 e. The molecule has 2 saturated heterocycles. The zero-order chi connectivity index (χ0) is 25.6. The van der Waals surface area contributed by atoms with Crippen molar-refractivity contribution in [2.24, 2.45) is 0 Å². The quantitative estimate of drug-likeness (QED) is 0.432. The van der Waals surface area contributed by atoms with Crippen LogP contribution in [0.3, 0.4) is 0 Å². The third-order valence-corrected chi connectivity index (χ3v) is 7.78. The molecule has 2 aromatic rings. The number of rotatable bonds is 10. The van der Waals surface area contributed by atoms with E-state index in [0.29, 0.717) is 31.9 Å². The van der Waals surface area contributed by atoms with E-state index in [1.165, 1.54) is 17.7 Å². The van der Waals surface area contributed by atoms with Gasteiger partial charge in [0.1, 0.15) is 17.7 Å². The molecule has 3 aliphatic heterocycles. The van der Waals surface area contributed by atoms with E-state index in [1.54, 1.807) is 6.07 Å². The van der Waals surface area contributed by atoms with Gasteiger partial charge < -0.3 is 19.9 Å². The van der Waals surface area contributed by atoms with E-state index in [-0.39, 0.29) is 12.2 Å². The summed E-state index contributed by atoms with van der Waals surface area (Å²) in [6.45, 7) is 3.41. The largest absolute Gasteiger partial charge is 0.480 e.